The lowest BCUT2D eigenvalue weighted by atomic mass is 9.45. The summed E-state index contributed by atoms with van der Waals surface area (Å²) in [6, 6.07) is 0. The van der Waals surface area contributed by atoms with Crippen molar-refractivity contribution in [1.29, 1.82) is 0 Å². The summed E-state index contributed by atoms with van der Waals surface area (Å²) < 4.78 is 0. The maximum absolute atomic E-state index is 10.4. The van der Waals surface area contributed by atoms with Gasteiger partial charge in [0.1, 0.15) is 0 Å². The predicted molar refractivity (Wildman–Crippen MR) is 73.4 cm³/mol. The van der Waals surface area contributed by atoms with Crippen LogP contribution in [0.25, 0.3) is 0 Å². The molecule has 18 heavy (non-hydrogen) atoms. The number of carbonyl (C=O) groups is 1. The fourth-order valence-corrected chi connectivity index (χ4v) is 4.34. The largest absolute Gasteiger partial charge is 0.481 e. The third kappa shape index (κ3) is 2.89. The second kappa shape index (κ2) is 5.63. The zero-order valence-corrected chi connectivity index (χ0v) is 12.0. The minimum Gasteiger partial charge on any atom is -0.481 e. The van der Waals surface area contributed by atoms with Crippen molar-refractivity contribution in [2.45, 2.75) is 71.6 Å². The lowest BCUT2D eigenvalue weighted by molar-refractivity contribution is -0.137. The Labute approximate surface area is 111 Å². The summed E-state index contributed by atoms with van der Waals surface area (Å²) >= 11 is 0. The topological polar surface area (TPSA) is 37.3 Å². The molecule has 0 radical (unpaired) electrons. The SMILES string of the molecule is CC1(C)[C@H]2CC[C@H](CCCCCCC(=O)O)[C@@H]1C2. The lowest BCUT2D eigenvalue weighted by Crippen LogP contribution is -2.52. The summed E-state index contributed by atoms with van der Waals surface area (Å²) in [4.78, 5) is 10.4. The van der Waals surface area contributed by atoms with Gasteiger partial charge in [0.25, 0.3) is 0 Å². The van der Waals surface area contributed by atoms with E-state index in [1.54, 1.807) is 0 Å². The van der Waals surface area contributed by atoms with Gasteiger partial charge in [0.05, 0.1) is 0 Å². The van der Waals surface area contributed by atoms with Gasteiger partial charge < -0.3 is 5.11 Å². The van der Waals surface area contributed by atoms with Gasteiger partial charge in [0, 0.05) is 6.42 Å². The van der Waals surface area contributed by atoms with E-state index in [2.05, 4.69) is 13.8 Å². The van der Waals surface area contributed by atoms with Gasteiger partial charge in [0.15, 0.2) is 0 Å². The first-order valence-corrected chi connectivity index (χ1v) is 7.73. The van der Waals surface area contributed by atoms with E-state index in [1.165, 1.54) is 38.5 Å². The van der Waals surface area contributed by atoms with Gasteiger partial charge in [-0.1, -0.05) is 39.5 Å². The number of rotatable bonds is 7. The molecule has 0 aromatic heterocycles. The van der Waals surface area contributed by atoms with Crippen molar-refractivity contribution in [2.24, 2.45) is 23.2 Å². The minimum absolute atomic E-state index is 0.348. The smallest absolute Gasteiger partial charge is 0.303 e. The minimum atomic E-state index is -0.649. The van der Waals surface area contributed by atoms with Crippen LogP contribution in [-0.2, 0) is 4.79 Å². The van der Waals surface area contributed by atoms with Gasteiger partial charge >= 0.3 is 5.97 Å². The fourth-order valence-electron chi connectivity index (χ4n) is 4.34. The van der Waals surface area contributed by atoms with E-state index in [0.29, 0.717) is 11.8 Å². The van der Waals surface area contributed by atoms with Gasteiger partial charge in [-0.05, 0) is 48.9 Å². The molecule has 3 aliphatic rings. The molecule has 0 heterocycles. The molecule has 3 atom stereocenters. The van der Waals surface area contributed by atoms with Crippen molar-refractivity contribution in [1.82, 2.24) is 0 Å². The number of carboxylic acid groups (broad SMARTS) is 1. The molecular weight excluding hydrogens is 224 g/mol. The second-order valence-electron chi connectivity index (χ2n) is 7.04. The molecule has 3 aliphatic carbocycles. The summed E-state index contributed by atoms with van der Waals surface area (Å²) in [5, 5.41) is 8.57. The normalized spacial score (nSPS) is 32.9. The zero-order chi connectivity index (χ0) is 13.2. The average Bonchev–Trinajstić information content (AvgIpc) is 2.33. The van der Waals surface area contributed by atoms with E-state index in [9.17, 15) is 4.79 Å². The maximum atomic E-state index is 10.4. The van der Waals surface area contributed by atoms with Gasteiger partial charge in [-0.3, -0.25) is 4.79 Å². The van der Waals surface area contributed by atoms with Crippen LogP contribution in [0.4, 0.5) is 0 Å². The van der Waals surface area contributed by atoms with Gasteiger partial charge in [-0.25, -0.2) is 0 Å². The van der Waals surface area contributed by atoms with Gasteiger partial charge in [-0.2, -0.15) is 0 Å². The Hall–Kier alpha value is -0.530. The van der Waals surface area contributed by atoms with E-state index < -0.39 is 5.97 Å². The van der Waals surface area contributed by atoms with Crippen LogP contribution in [0, 0.1) is 23.2 Å². The number of unbranched alkanes of at least 4 members (excludes halogenated alkanes) is 3. The van der Waals surface area contributed by atoms with Gasteiger partial charge in [0.2, 0.25) is 0 Å². The first-order valence-electron chi connectivity index (χ1n) is 7.73. The molecule has 0 amide bonds. The number of fused-ring (bicyclic) bond motifs is 2. The number of hydrogen-bond acceptors (Lipinski definition) is 1. The van der Waals surface area contributed by atoms with Crippen molar-refractivity contribution < 1.29 is 9.90 Å². The van der Waals surface area contributed by atoms with Crippen molar-refractivity contribution in [3.63, 3.8) is 0 Å². The molecule has 2 bridgehead atoms. The molecule has 2 nitrogen and oxygen atoms in total. The Bertz CT molecular complexity index is 293. The molecule has 0 aromatic carbocycles. The molecule has 0 unspecified atom stereocenters. The van der Waals surface area contributed by atoms with Crippen molar-refractivity contribution in [3.8, 4) is 0 Å². The molecular formula is C16H28O2. The highest BCUT2D eigenvalue weighted by Crippen LogP contribution is 2.62. The highest BCUT2D eigenvalue weighted by Gasteiger charge is 2.53. The van der Waals surface area contributed by atoms with Crippen LogP contribution in [0.5, 0.6) is 0 Å². The fraction of sp³-hybridized carbons (Fsp3) is 0.938. The van der Waals surface area contributed by atoms with Crippen molar-refractivity contribution >= 4 is 5.97 Å². The van der Waals surface area contributed by atoms with E-state index in [-0.39, 0.29) is 0 Å². The van der Waals surface area contributed by atoms with Crippen LogP contribution in [0.15, 0.2) is 0 Å². The first-order chi connectivity index (χ1) is 8.51. The quantitative estimate of drug-likeness (QED) is 0.678. The van der Waals surface area contributed by atoms with E-state index >= 15 is 0 Å². The average molecular weight is 252 g/mol. The summed E-state index contributed by atoms with van der Waals surface area (Å²) in [6.45, 7) is 4.93. The highest BCUT2D eigenvalue weighted by atomic mass is 16.4. The number of carboxylic acids is 1. The van der Waals surface area contributed by atoms with Crippen LogP contribution in [0.2, 0.25) is 0 Å². The van der Waals surface area contributed by atoms with Crippen molar-refractivity contribution in [2.75, 3.05) is 0 Å². The molecule has 3 fully saturated rings. The van der Waals surface area contributed by atoms with Crippen LogP contribution in [0.1, 0.15) is 71.6 Å². The van der Waals surface area contributed by atoms with Crippen molar-refractivity contribution in [3.05, 3.63) is 0 Å². The third-order valence-corrected chi connectivity index (χ3v) is 5.72. The second-order valence-corrected chi connectivity index (χ2v) is 7.04. The third-order valence-electron chi connectivity index (χ3n) is 5.72. The van der Waals surface area contributed by atoms with Crippen LogP contribution in [-0.4, -0.2) is 11.1 Å². The summed E-state index contributed by atoms with van der Waals surface area (Å²) in [7, 11) is 0. The molecule has 1 N–H and O–H groups in total. The molecule has 0 spiro atoms. The molecule has 104 valence electrons. The van der Waals surface area contributed by atoms with E-state index in [4.69, 9.17) is 5.11 Å². The molecule has 2 heteroatoms. The predicted octanol–water partition coefficient (Wildman–Crippen LogP) is 4.48. The Morgan fingerprint density at radius 1 is 1.17 bits per heavy atom. The lowest BCUT2D eigenvalue weighted by Gasteiger charge is -2.60. The maximum Gasteiger partial charge on any atom is 0.303 e. The zero-order valence-electron chi connectivity index (χ0n) is 12.0. The Kier molecular flexibility index (Phi) is 4.34. The molecule has 0 aromatic rings. The summed E-state index contributed by atoms with van der Waals surface area (Å²) in [5.74, 6) is 2.30. The van der Waals surface area contributed by atoms with Crippen LogP contribution >= 0.6 is 0 Å². The number of hydrogen-bond donors (Lipinski definition) is 1. The highest BCUT2D eigenvalue weighted by molar-refractivity contribution is 5.66. The molecule has 3 rings (SSSR count). The molecule has 0 saturated heterocycles. The Balaban J connectivity index is 1.58. The van der Waals surface area contributed by atoms with Crippen LogP contribution in [0.3, 0.4) is 0 Å². The monoisotopic (exact) mass is 252 g/mol. The van der Waals surface area contributed by atoms with Gasteiger partial charge in [-0.15, -0.1) is 0 Å². The van der Waals surface area contributed by atoms with E-state index in [1.807, 2.05) is 0 Å². The molecule has 0 aliphatic heterocycles. The molecule has 3 saturated carbocycles. The first kappa shape index (κ1) is 13.9. The summed E-state index contributed by atoms with van der Waals surface area (Å²) in [5.41, 5.74) is 0.617. The summed E-state index contributed by atoms with van der Waals surface area (Å²) in [6.07, 6.45) is 10.6. The van der Waals surface area contributed by atoms with E-state index in [0.717, 1.165) is 30.6 Å². The Morgan fingerprint density at radius 3 is 2.50 bits per heavy atom. The standard InChI is InChI=1S/C16H28O2/c1-16(2)13-10-9-12(14(16)11-13)7-5-3-4-6-8-15(17)18/h12-14H,3-11H2,1-2H3,(H,17,18)/t12-,13-,14-/m0/s1. The van der Waals surface area contributed by atoms with Crippen LogP contribution < -0.4 is 0 Å². The number of aliphatic carboxylic acids is 1. The Morgan fingerprint density at radius 2 is 1.89 bits per heavy atom.